The zero-order valence-corrected chi connectivity index (χ0v) is 14.6. The number of nitrogens with zero attached hydrogens (tertiary/aromatic N) is 3. The van der Waals surface area contributed by atoms with Crippen molar-refractivity contribution in [2.24, 2.45) is 0 Å². The minimum absolute atomic E-state index is 0.242. The first kappa shape index (κ1) is 17.1. The van der Waals surface area contributed by atoms with Crippen molar-refractivity contribution >= 4 is 17.7 Å². The highest BCUT2D eigenvalue weighted by atomic mass is 35.5. The van der Waals surface area contributed by atoms with Gasteiger partial charge in [0.2, 0.25) is 0 Å². The van der Waals surface area contributed by atoms with E-state index in [2.05, 4.69) is 5.10 Å². The number of carbonyl (C=O) groups excluding carboxylic acids is 1. The van der Waals surface area contributed by atoms with Crippen LogP contribution >= 0.6 is 11.6 Å². The van der Waals surface area contributed by atoms with Crippen LogP contribution in [0.5, 0.6) is 0 Å². The summed E-state index contributed by atoms with van der Waals surface area (Å²) in [5, 5.41) is 15.5. The standard InChI is InChI=1S/C15H24ClN3O3/c1-6-19-11(12(16)10(2)17-19)7-15(21)8-18(9-15)13(20)22-14(3,4)5/h21H,6-9H2,1-5H3. The van der Waals surface area contributed by atoms with Crippen molar-refractivity contribution in [1.29, 1.82) is 0 Å². The van der Waals surface area contributed by atoms with Crippen LogP contribution in [-0.4, -0.2) is 50.2 Å². The van der Waals surface area contributed by atoms with E-state index < -0.39 is 17.3 Å². The third-order valence-electron chi connectivity index (χ3n) is 3.57. The average molecular weight is 330 g/mol. The monoisotopic (exact) mass is 329 g/mol. The van der Waals surface area contributed by atoms with E-state index in [9.17, 15) is 9.90 Å². The Balaban J connectivity index is 2.00. The number of β-amino-alcohol motifs (C(OH)–C–C–N with tert-alkyl or cyclic N) is 1. The number of aromatic nitrogens is 2. The molecule has 1 fully saturated rings. The molecule has 0 aliphatic carbocycles. The fraction of sp³-hybridized carbons (Fsp3) is 0.733. The zero-order chi connectivity index (χ0) is 16.7. The van der Waals surface area contributed by atoms with E-state index in [1.165, 1.54) is 4.90 Å². The number of halogens is 1. The lowest BCUT2D eigenvalue weighted by Crippen LogP contribution is -2.65. The molecule has 0 spiro atoms. The molecule has 1 amide bonds. The van der Waals surface area contributed by atoms with Gasteiger partial charge in [-0.25, -0.2) is 4.79 Å². The molecule has 1 saturated heterocycles. The number of ether oxygens (including phenoxy) is 1. The molecule has 1 aromatic rings. The van der Waals surface area contributed by atoms with Gasteiger partial charge in [0.05, 0.1) is 29.5 Å². The Hall–Kier alpha value is -1.27. The molecule has 0 bridgehead atoms. The molecule has 1 N–H and O–H groups in total. The van der Waals surface area contributed by atoms with Crippen LogP contribution in [0.25, 0.3) is 0 Å². The van der Waals surface area contributed by atoms with Crippen molar-refractivity contribution in [2.75, 3.05) is 13.1 Å². The third-order valence-corrected chi connectivity index (χ3v) is 4.06. The Bertz CT molecular complexity index is 571. The number of hydrogen-bond acceptors (Lipinski definition) is 4. The van der Waals surface area contributed by atoms with Gasteiger partial charge in [-0.05, 0) is 34.6 Å². The largest absolute Gasteiger partial charge is 0.444 e. The number of hydrogen-bond donors (Lipinski definition) is 1. The van der Waals surface area contributed by atoms with Crippen LogP contribution in [0, 0.1) is 6.92 Å². The van der Waals surface area contributed by atoms with Gasteiger partial charge in [0.15, 0.2) is 0 Å². The van der Waals surface area contributed by atoms with Gasteiger partial charge in [0, 0.05) is 13.0 Å². The maximum atomic E-state index is 11.9. The Labute approximate surface area is 136 Å². The van der Waals surface area contributed by atoms with E-state index in [0.717, 1.165) is 11.4 Å². The lowest BCUT2D eigenvalue weighted by atomic mass is 9.89. The van der Waals surface area contributed by atoms with Crippen LogP contribution in [-0.2, 0) is 17.7 Å². The molecule has 2 heterocycles. The summed E-state index contributed by atoms with van der Waals surface area (Å²) < 4.78 is 7.09. The Morgan fingerprint density at radius 3 is 2.55 bits per heavy atom. The first-order chi connectivity index (χ1) is 10.0. The minimum Gasteiger partial charge on any atom is -0.444 e. The molecular weight excluding hydrogens is 306 g/mol. The Kier molecular flexibility index (Phi) is 4.46. The van der Waals surface area contributed by atoms with Crippen LogP contribution in [0.1, 0.15) is 39.1 Å². The van der Waals surface area contributed by atoms with Crippen LogP contribution in [0.2, 0.25) is 5.02 Å². The predicted octanol–water partition coefficient (Wildman–Crippen LogP) is 2.39. The number of rotatable bonds is 3. The Morgan fingerprint density at radius 1 is 1.45 bits per heavy atom. The van der Waals surface area contributed by atoms with Gasteiger partial charge in [-0.15, -0.1) is 0 Å². The van der Waals surface area contributed by atoms with Crippen LogP contribution < -0.4 is 0 Å². The van der Waals surface area contributed by atoms with Crippen molar-refractivity contribution in [3.05, 3.63) is 16.4 Å². The normalized spacial score (nSPS) is 17.3. The Morgan fingerprint density at radius 2 is 2.05 bits per heavy atom. The van der Waals surface area contributed by atoms with E-state index >= 15 is 0 Å². The second kappa shape index (κ2) is 5.74. The summed E-state index contributed by atoms with van der Waals surface area (Å²) in [6, 6.07) is 0. The van der Waals surface area contributed by atoms with Crippen molar-refractivity contribution in [3.63, 3.8) is 0 Å². The molecule has 2 rings (SSSR count). The smallest absolute Gasteiger partial charge is 0.410 e. The molecule has 0 unspecified atom stereocenters. The van der Waals surface area contributed by atoms with Crippen molar-refractivity contribution < 1.29 is 14.6 Å². The summed E-state index contributed by atoms with van der Waals surface area (Å²) in [5.74, 6) is 0. The number of amides is 1. The first-order valence-corrected chi connectivity index (χ1v) is 7.84. The van der Waals surface area contributed by atoms with Gasteiger partial charge >= 0.3 is 6.09 Å². The molecule has 0 saturated carbocycles. The summed E-state index contributed by atoms with van der Waals surface area (Å²) in [6.45, 7) is 10.4. The lowest BCUT2D eigenvalue weighted by Gasteiger charge is -2.46. The summed E-state index contributed by atoms with van der Waals surface area (Å²) in [4.78, 5) is 13.4. The maximum Gasteiger partial charge on any atom is 0.410 e. The van der Waals surface area contributed by atoms with E-state index in [-0.39, 0.29) is 13.1 Å². The highest BCUT2D eigenvalue weighted by molar-refractivity contribution is 6.31. The molecule has 7 heteroatoms. The fourth-order valence-electron chi connectivity index (χ4n) is 2.58. The fourth-order valence-corrected chi connectivity index (χ4v) is 2.78. The molecule has 0 aromatic carbocycles. The molecule has 6 nitrogen and oxygen atoms in total. The maximum absolute atomic E-state index is 11.9. The lowest BCUT2D eigenvalue weighted by molar-refractivity contribution is -0.0982. The van der Waals surface area contributed by atoms with Gasteiger partial charge in [-0.1, -0.05) is 11.6 Å². The van der Waals surface area contributed by atoms with Gasteiger partial charge in [0.25, 0.3) is 0 Å². The zero-order valence-electron chi connectivity index (χ0n) is 13.8. The third kappa shape index (κ3) is 3.55. The summed E-state index contributed by atoms with van der Waals surface area (Å²) >= 11 is 6.27. The second-order valence-electron chi connectivity index (χ2n) is 6.90. The molecule has 1 aliphatic heterocycles. The highest BCUT2D eigenvalue weighted by Gasteiger charge is 2.46. The van der Waals surface area contributed by atoms with Crippen LogP contribution in [0.3, 0.4) is 0 Å². The second-order valence-corrected chi connectivity index (χ2v) is 7.28. The number of carbonyl (C=O) groups is 1. The summed E-state index contributed by atoms with van der Waals surface area (Å²) in [5.41, 5.74) is 0.0600. The van der Waals surface area contributed by atoms with Crippen molar-refractivity contribution in [1.82, 2.24) is 14.7 Å². The molecule has 0 radical (unpaired) electrons. The van der Waals surface area contributed by atoms with E-state index in [4.69, 9.17) is 16.3 Å². The predicted molar refractivity (Wildman–Crippen MR) is 84.1 cm³/mol. The number of aliphatic hydroxyl groups is 1. The topological polar surface area (TPSA) is 67.6 Å². The summed E-state index contributed by atoms with van der Waals surface area (Å²) in [7, 11) is 0. The quantitative estimate of drug-likeness (QED) is 0.924. The molecule has 1 aliphatic rings. The summed E-state index contributed by atoms with van der Waals surface area (Å²) in [6.07, 6.45) is -0.0248. The van der Waals surface area contributed by atoms with Crippen LogP contribution in [0.15, 0.2) is 0 Å². The van der Waals surface area contributed by atoms with Gasteiger partial charge < -0.3 is 14.7 Å². The molecular formula is C15H24ClN3O3. The molecule has 0 atom stereocenters. The average Bonchev–Trinajstić information content (AvgIpc) is 2.61. The molecule has 1 aromatic heterocycles. The molecule has 124 valence electrons. The van der Waals surface area contributed by atoms with E-state index in [1.807, 2.05) is 34.6 Å². The van der Waals surface area contributed by atoms with Crippen molar-refractivity contribution in [2.45, 2.75) is 58.8 Å². The highest BCUT2D eigenvalue weighted by Crippen LogP contribution is 2.30. The van der Waals surface area contributed by atoms with E-state index in [0.29, 0.717) is 18.0 Å². The van der Waals surface area contributed by atoms with Gasteiger partial charge in [-0.2, -0.15) is 5.10 Å². The van der Waals surface area contributed by atoms with Crippen LogP contribution in [0.4, 0.5) is 4.79 Å². The number of aryl methyl sites for hydroxylation is 2. The number of likely N-dealkylation sites (tertiary alicyclic amines) is 1. The van der Waals surface area contributed by atoms with Gasteiger partial charge in [-0.3, -0.25) is 4.68 Å². The minimum atomic E-state index is -0.972. The first-order valence-electron chi connectivity index (χ1n) is 7.47. The molecule has 22 heavy (non-hydrogen) atoms. The van der Waals surface area contributed by atoms with Gasteiger partial charge in [0.1, 0.15) is 11.2 Å². The SMILES string of the molecule is CCn1nc(C)c(Cl)c1CC1(O)CN(C(=O)OC(C)(C)C)C1. The van der Waals surface area contributed by atoms with Crippen molar-refractivity contribution in [3.8, 4) is 0 Å². The van der Waals surface area contributed by atoms with E-state index in [1.54, 1.807) is 4.68 Å².